The van der Waals surface area contributed by atoms with Crippen LogP contribution in [0.3, 0.4) is 0 Å². The van der Waals surface area contributed by atoms with Gasteiger partial charge in [0.1, 0.15) is 12.3 Å². The Morgan fingerprint density at radius 1 is 1.07 bits per heavy atom. The fraction of sp³-hybridized carbons (Fsp3) is 0.348. The van der Waals surface area contributed by atoms with Gasteiger partial charge in [-0.1, -0.05) is 30.3 Å². The van der Waals surface area contributed by atoms with Gasteiger partial charge in [-0.15, -0.1) is 0 Å². The van der Waals surface area contributed by atoms with Crippen LogP contribution in [0.15, 0.2) is 48.5 Å². The van der Waals surface area contributed by atoms with E-state index in [9.17, 15) is 14.4 Å². The van der Waals surface area contributed by atoms with Crippen molar-refractivity contribution in [3.63, 3.8) is 0 Å². The third kappa shape index (κ3) is 4.15. The van der Waals surface area contributed by atoms with Gasteiger partial charge in [0, 0.05) is 32.2 Å². The lowest BCUT2D eigenvalue weighted by Gasteiger charge is -2.30. The number of nitrogens with zero attached hydrogens (tertiary/aromatic N) is 3. The van der Waals surface area contributed by atoms with Crippen LogP contribution in [0.4, 0.5) is 5.69 Å². The Morgan fingerprint density at radius 2 is 1.80 bits per heavy atom. The normalized spacial score (nSPS) is 15.6. The Hall–Kier alpha value is -3.35. The van der Waals surface area contributed by atoms with E-state index in [-0.39, 0.29) is 30.9 Å². The van der Waals surface area contributed by atoms with Crippen molar-refractivity contribution >= 4 is 23.4 Å². The summed E-state index contributed by atoms with van der Waals surface area (Å²) < 4.78 is 5.52. The fourth-order valence-corrected chi connectivity index (χ4v) is 3.86. The van der Waals surface area contributed by atoms with E-state index in [4.69, 9.17) is 4.74 Å². The Labute approximate surface area is 175 Å². The number of fused-ring (bicyclic) bond motifs is 1. The maximum Gasteiger partial charge on any atom is 0.265 e. The number of benzene rings is 2. The number of hydrogen-bond acceptors (Lipinski definition) is 4. The summed E-state index contributed by atoms with van der Waals surface area (Å²) in [5.74, 6) is -0.0134. The molecular formula is C23H25N3O4. The molecule has 0 bridgehead atoms. The minimum absolute atomic E-state index is 0.0350. The number of anilines is 1. The third-order valence-corrected chi connectivity index (χ3v) is 5.51. The van der Waals surface area contributed by atoms with Gasteiger partial charge in [0.05, 0.1) is 5.69 Å². The zero-order chi connectivity index (χ0) is 21.1. The van der Waals surface area contributed by atoms with Gasteiger partial charge < -0.3 is 14.5 Å². The van der Waals surface area contributed by atoms with Crippen LogP contribution < -0.4 is 9.64 Å². The summed E-state index contributed by atoms with van der Waals surface area (Å²) >= 11 is 0. The highest BCUT2D eigenvalue weighted by Crippen LogP contribution is 2.33. The highest BCUT2D eigenvalue weighted by molar-refractivity contribution is 6.04. The van der Waals surface area contributed by atoms with Crippen molar-refractivity contribution in [1.29, 1.82) is 0 Å². The van der Waals surface area contributed by atoms with Crippen LogP contribution in [-0.2, 0) is 16.1 Å². The minimum Gasteiger partial charge on any atom is -0.482 e. The maximum atomic E-state index is 13.0. The SMILES string of the molecule is CN(Cc1ccccc1)C(=O)c1ccc2c(c1)N(CC(=O)N1CCCC1)C(=O)CO2. The zero-order valence-corrected chi connectivity index (χ0v) is 17.0. The molecule has 0 aliphatic carbocycles. The molecule has 2 aromatic carbocycles. The average molecular weight is 407 g/mol. The number of carbonyl (C=O) groups excluding carboxylic acids is 3. The highest BCUT2D eigenvalue weighted by atomic mass is 16.5. The van der Waals surface area contributed by atoms with Crippen LogP contribution in [0.5, 0.6) is 5.75 Å². The molecule has 0 unspecified atom stereocenters. The average Bonchev–Trinajstić information content (AvgIpc) is 3.30. The molecule has 30 heavy (non-hydrogen) atoms. The highest BCUT2D eigenvalue weighted by Gasteiger charge is 2.30. The summed E-state index contributed by atoms with van der Waals surface area (Å²) in [5.41, 5.74) is 1.95. The van der Waals surface area contributed by atoms with Crippen LogP contribution in [0.25, 0.3) is 0 Å². The van der Waals surface area contributed by atoms with Crippen molar-refractivity contribution in [2.24, 2.45) is 0 Å². The Balaban J connectivity index is 1.54. The lowest BCUT2D eigenvalue weighted by Crippen LogP contribution is -2.46. The van der Waals surface area contributed by atoms with E-state index in [1.807, 2.05) is 30.3 Å². The second kappa shape index (κ2) is 8.57. The first-order valence-corrected chi connectivity index (χ1v) is 10.2. The smallest absolute Gasteiger partial charge is 0.265 e. The number of ether oxygens (including phenoxy) is 1. The first kappa shape index (κ1) is 19.9. The maximum absolute atomic E-state index is 13.0. The van der Waals surface area contributed by atoms with Gasteiger partial charge in [0.15, 0.2) is 6.61 Å². The van der Waals surface area contributed by atoms with Crippen LogP contribution >= 0.6 is 0 Å². The second-order valence-corrected chi connectivity index (χ2v) is 7.69. The van der Waals surface area contributed by atoms with Crippen LogP contribution in [0, 0.1) is 0 Å². The molecule has 0 saturated carbocycles. The lowest BCUT2D eigenvalue weighted by molar-refractivity contribution is -0.131. The van der Waals surface area contributed by atoms with E-state index < -0.39 is 0 Å². The van der Waals surface area contributed by atoms with Gasteiger partial charge in [-0.25, -0.2) is 0 Å². The van der Waals surface area contributed by atoms with E-state index in [2.05, 4.69) is 0 Å². The molecular weight excluding hydrogens is 382 g/mol. The largest absolute Gasteiger partial charge is 0.482 e. The topological polar surface area (TPSA) is 70.2 Å². The van der Waals surface area contributed by atoms with E-state index >= 15 is 0 Å². The first-order valence-electron chi connectivity index (χ1n) is 10.2. The van der Waals surface area contributed by atoms with Gasteiger partial charge >= 0.3 is 0 Å². The number of amides is 3. The molecule has 4 rings (SSSR count). The molecule has 3 amide bonds. The Kier molecular flexibility index (Phi) is 5.70. The van der Waals surface area contributed by atoms with E-state index in [1.54, 1.807) is 35.0 Å². The molecule has 1 saturated heterocycles. The van der Waals surface area contributed by atoms with Gasteiger partial charge in [0.2, 0.25) is 5.91 Å². The molecule has 2 aliphatic rings. The monoisotopic (exact) mass is 407 g/mol. The molecule has 7 nitrogen and oxygen atoms in total. The first-order chi connectivity index (χ1) is 14.5. The molecule has 0 aromatic heterocycles. The van der Waals surface area contributed by atoms with E-state index in [1.165, 1.54) is 4.90 Å². The molecule has 2 heterocycles. The van der Waals surface area contributed by atoms with E-state index in [0.29, 0.717) is 23.5 Å². The number of carbonyl (C=O) groups is 3. The molecule has 0 atom stereocenters. The summed E-state index contributed by atoms with van der Waals surface area (Å²) in [5, 5.41) is 0. The number of rotatable bonds is 5. The molecule has 1 fully saturated rings. The van der Waals surface area contributed by atoms with Gasteiger partial charge in [0.25, 0.3) is 11.8 Å². The molecule has 0 spiro atoms. The predicted molar refractivity (Wildman–Crippen MR) is 112 cm³/mol. The quantitative estimate of drug-likeness (QED) is 0.763. The van der Waals surface area contributed by atoms with Gasteiger partial charge in [-0.2, -0.15) is 0 Å². The minimum atomic E-state index is -0.280. The van der Waals surface area contributed by atoms with Crippen molar-refractivity contribution < 1.29 is 19.1 Å². The predicted octanol–water partition coefficient (Wildman–Crippen LogP) is 2.31. The van der Waals surface area contributed by atoms with Crippen LogP contribution in [0.2, 0.25) is 0 Å². The van der Waals surface area contributed by atoms with Gasteiger partial charge in [-0.3, -0.25) is 19.3 Å². The Morgan fingerprint density at radius 3 is 2.53 bits per heavy atom. The standard InChI is InChI=1S/C23H25N3O4/c1-24(14-17-7-3-2-4-8-17)23(29)18-9-10-20-19(13-18)26(22(28)16-30-20)15-21(27)25-11-5-6-12-25/h2-4,7-10,13H,5-6,11-12,14-16H2,1H3. The zero-order valence-electron chi connectivity index (χ0n) is 17.0. The summed E-state index contributed by atoms with van der Waals surface area (Å²) in [6.45, 7) is 1.79. The Bertz CT molecular complexity index is 954. The molecule has 2 aromatic rings. The summed E-state index contributed by atoms with van der Waals surface area (Å²) in [4.78, 5) is 42.9. The summed E-state index contributed by atoms with van der Waals surface area (Å²) in [6, 6.07) is 14.8. The van der Waals surface area contributed by atoms with Crippen molar-refractivity contribution in [3.8, 4) is 5.75 Å². The van der Waals surface area contributed by atoms with Gasteiger partial charge in [-0.05, 0) is 36.6 Å². The van der Waals surface area contributed by atoms with Crippen molar-refractivity contribution in [2.75, 3.05) is 38.2 Å². The molecule has 0 N–H and O–H groups in total. The molecule has 7 heteroatoms. The van der Waals surface area contributed by atoms with Crippen LogP contribution in [0.1, 0.15) is 28.8 Å². The van der Waals surface area contributed by atoms with Crippen molar-refractivity contribution in [2.45, 2.75) is 19.4 Å². The van der Waals surface area contributed by atoms with Crippen molar-refractivity contribution in [1.82, 2.24) is 9.80 Å². The second-order valence-electron chi connectivity index (χ2n) is 7.69. The molecule has 2 aliphatic heterocycles. The number of hydrogen-bond donors (Lipinski definition) is 0. The van der Waals surface area contributed by atoms with Crippen LogP contribution in [-0.4, -0.2) is 60.8 Å². The fourth-order valence-electron chi connectivity index (χ4n) is 3.86. The summed E-state index contributed by atoms with van der Waals surface area (Å²) in [7, 11) is 1.74. The summed E-state index contributed by atoms with van der Waals surface area (Å²) in [6.07, 6.45) is 1.98. The molecule has 0 radical (unpaired) electrons. The van der Waals surface area contributed by atoms with Crippen molar-refractivity contribution in [3.05, 3.63) is 59.7 Å². The lowest BCUT2D eigenvalue weighted by atomic mass is 10.1. The third-order valence-electron chi connectivity index (χ3n) is 5.51. The number of likely N-dealkylation sites (tertiary alicyclic amines) is 1. The van der Waals surface area contributed by atoms with E-state index in [0.717, 1.165) is 31.5 Å². The molecule has 156 valence electrons.